The molecule has 0 radical (unpaired) electrons. The van der Waals surface area contributed by atoms with Crippen LogP contribution in [0.1, 0.15) is 19.3 Å². The Bertz CT molecular complexity index is 168. The van der Waals surface area contributed by atoms with E-state index < -0.39 is 0 Å². The van der Waals surface area contributed by atoms with E-state index in [0.29, 0.717) is 5.92 Å². The standard InChI is InChI=1S/C10H18N2O/c1-13-9-8-12-6-3-10(2-5-11)4-7-12/h10H,2-4,6-9H2,1H3. The van der Waals surface area contributed by atoms with Crippen LogP contribution in [0.5, 0.6) is 0 Å². The molecule has 0 bridgehead atoms. The molecular formula is C10H18N2O. The van der Waals surface area contributed by atoms with Gasteiger partial charge in [0.15, 0.2) is 0 Å². The minimum Gasteiger partial charge on any atom is -0.383 e. The molecule has 0 aromatic carbocycles. The van der Waals surface area contributed by atoms with Gasteiger partial charge in [-0.15, -0.1) is 0 Å². The summed E-state index contributed by atoms with van der Waals surface area (Å²) >= 11 is 0. The predicted molar refractivity (Wildman–Crippen MR) is 51.3 cm³/mol. The highest BCUT2D eigenvalue weighted by Gasteiger charge is 2.17. The second kappa shape index (κ2) is 5.95. The Hall–Kier alpha value is -0.590. The van der Waals surface area contributed by atoms with Crippen LogP contribution in [-0.2, 0) is 4.74 Å². The largest absolute Gasteiger partial charge is 0.383 e. The van der Waals surface area contributed by atoms with Gasteiger partial charge < -0.3 is 9.64 Å². The van der Waals surface area contributed by atoms with Gasteiger partial charge in [-0.25, -0.2) is 0 Å². The summed E-state index contributed by atoms with van der Waals surface area (Å²) in [5.41, 5.74) is 0. The fraction of sp³-hybridized carbons (Fsp3) is 0.900. The van der Waals surface area contributed by atoms with Crippen molar-refractivity contribution in [1.29, 1.82) is 5.26 Å². The summed E-state index contributed by atoms with van der Waals surface area (Å²) in [6.45, 7) is 4.13. The van der Waals surface area contributed by atoms with Gasteiger partial charge in [0.2, 0.25) is 0 Å². The first-order valence-electron chi connectivity index (χ1n) is 4.95. The van der Waals surface area contributed by atoms with E-state index in [2.05, 4.69) is 11.0 Å². The maximum absolute atomic E-state index is 8.54. The van der Waals surface area contributed by atoms with E-state index in [1.807, 2.05) is 0 Å². The summed E-state index contributed by atoms with van der Waals surface area (Å²) in [5.74, 6) is 0.642. The number of nitriles is 1. The number of nitrogens with zero attached hydrogens (tertiary/aromatic N) is 2. The Kier molecular flexibility index (Phi) is 4.81. The van der Waals surface area contributed by atoms with Crippen LogP contribution in [0, 0.1) is 17.2 Å². The highest BCUT2D eigenvalue weighted by atomic mass is 16.5. The highest BCUT2D eigenvalue weighted by molar-refractivity contribution is 4.80. The fourth-order valence-electron chi connectivity index (χ4n) is 1.76. The lowest BCUT2D eigenvalue weighted by atomic mass is 9.94. The molecule has 1 rings (SSSR count). The molecule has 0 N–H and O–H groups in total. The monoisotopic (exact) mass is 182 g/mol. The molecule has 1 heterocycles. The lowest BCUT2D eigenvalue weighted by Gasteiger charge is -2.30. The van der Waals surface area contributed by atoms with Crippen LogP contribution >= 0.6 is 0 Å². The first-order chi connectivity index (χ1) is 6.36. The summed E-state index contributed by atoms with van der Waals surface area (Å²) in [6.07, 6.45) is 3.09. The molecule has 0 saturated carbocycles. The number of hydrogen-bond donors (Lipinski definition) is 0. The molecule has 1 aliphatic rings. The third-order valence-corrected chi connectivity index (χ3v) is 2.70. The average molecular weight is 182 g/mol. The number of hydrogen-bond acceptors (Lipinski definition) is 3. The van der Waals surface area contributed by atoms with Gasteiger partial charge in [-0.3, -0.25) is 0 Å². The molecule has 0 spiro atoms. The van der Waals surface area contributed by atoms with Crippen LogP contribution < -0.4 is 0 Å². The van der Waals surface area contributed by atoms with Crippen LogP contribution in [0.3, 0.4) is 0 Å². The molecule has 1 fully saturated rings. The van der Waals surface area contributed by atoms with Crippen molar-refractivity contribution in [2.45, 2.75) is 19.3 Å². The summed E-state index contributed by atoms with van der Waals surface area (Å²) in [4.78, 5) is 2.41. The fourth-order valence-corrected chi connectivity index (χ4v) is 1.76. The summed E-state index contributed by atoms with van der Waals surface area (Å²) in [6, 6.07) is 2.25. The SMILES string of the molecule is COCCN1CCC(CC#N)CC1. The molecule has 3 nitrogen and oxygen atoms in total. The Morgan fingerprint density at radius 1 is 1.46 bits per heavy atom. The van der Waals surface area contributed by atoms with Crippen molar-refractivity contribution in [1.82, 2.24) is 4.90 Å². The van der Waals surface area contributed by atoms with Crippen LogP contribution in [0.25, 0.3) is 0 Å². The van der Waals surface area contributed by atoms with Gasteiger partial charge in [-0.2, -0.15) is 5.26 Å². The van der Waals surface area contributed by atoms with Gasteiger partial charge in [-0.05, 0) is 31.8 Å². The summed E-state index contributed by atoms with van der Waals surface area (Å²) < 4.78 is 5.02. The molecule has 0 unspecified atom stereocenters. The number of likely N-dealkylation sites (tertiary alicyclic amines) is 1. The van der Waals surface area contributed by atoms with Crippen LogP contribution in [0.2, 0.25) is 0 Å². The van der Waals surface area contributed by atoms with E-state index >= 15 is 0 Å². The summed E-state index contributed by atoms with van der Waals surface area (Å²) in [7, 11) is 1.74. The molecule has 0 aromatic rings. The zero-order valence-electron chi connectivity index (χ0n) is 8.33. The van der Waals surface area contributed by atoms with Crippen molar-refractivity contribution in [2.75, 3.05) is 33.4 Å². The number of ether oxygens (including phenoxy) is 1. The maximum Gasteiger partial charge on any atom is 0.0624 e. The lowest BCUT2D eigenvalue weighted by molar-refractivity contribution is 0.121. The zero-order valence-corrected chi connectivity index (χ0v) is 8.33. The second-order valence-electron chi connectivity index (χ2n) is 3.64. The molecule has 74 valence electrons. The van der Waals surface area contributed by atoms with Gasteiger partial charge in [0.25, 0.3) is 0 Å². The molecule has 0 atom stereocenters. The molecule has 3 heteroatoms. The Labute approximate surface area is 80.3 Å². The van der Waals surface area contributed by atoms with Crippen molar-refractivity contribution in [3.8, 4) is 6.07 Å². The normalized spacial score (nSPS) is 20.0. The maximum atomic E-state index is 8.54. The topological polar surface area (TPSA) is 36.3 Å². The lowest BCUT2D eigenvalue weighted by Crippen LogP contribution is -2.35. The van der Waals surface area contributed by atoms with Crippen LogP contribution in [-0.4, -0.2) is 38.3 Å². The molecular weight excluding hydrogens is 164 g/mol. The predicted octanol–water partition coefficient (Wildman–Crippen LogP) is 1.26. The molecule has 0 aromatic heterocycles. The van der Waals surface area contributed by atoms with E-state index in [9.17, 15) is 0 Å². The van der Waals surface area contributed by atoms with Crippen molar-refractivity contribution in [3.63, 3.8) is 0 Å². The van der Waals surface area contributed by atoms with Gasteiger partial charge in [-0.1, -0.05) is 0 Å². The minimum atomic E-state index is 0.642. The van der Waals surface area contributed by atoms with Gasteiger partial charge >= 0.3 is 0 Å². The average Bonchev–Trinajstić information content (AvgIpc) is 2.17. The molecule has 13 heavy (non-hydrogen) atoms. The van der Waals surface area contributed by atoms with Gasteiger partial charge in [0.05, 0.1) is 12.7 Å². The first-order valence-corrected chi connectivity index (χ1v) is 4.95. The molecule has 0 amide bonds. The molecule has 0 aliphatic carbocycles. The van der Waals surface area contributed by atoms with Crippen LogP contribution in [0.15, 0.2) is 0 Å². The Balaban J connectivity index is 2.12. The highest BCUT2D eigenvalue weighted by Crippen LogP contribution is 2.19. The third kappa shape index (κ3) is 3.75. The van der Waals surface area contributed by atoms with E-state index in [-0.39, 0.29) is 0 Å². The number of methoxy groups -OCH3 is 1. The Morgan fingerprint density at radius 3 is 2.69 bits per heavy atom. The van der Waals surface area contributed by atoms with E-state index in [1.165, 1.54) is 12.8 Å². The molecule has 1 aliphatic heterocycles. The van der Waals surface area contributed by atoms with Crippen molar-refractivity contribution in [2.24, 2.45) is 5.92 Å². The van der Waals surface area contributed by atoms with Gasteiger partial charge in [0.1, 0.15) is 0 Å². The van der Waals surface area contributed by atoms with Crippen molar-refractivity contribution >= 4 is 0 Å². The third-order valence-electron chi connectivity index (χ3n) is 2.70. The van der Waals surface area contributed by atoms with Crippen molar-refractivity contribution < 1.29 is 4.74 Å². The smallest absolute Gasteiger partial charge is 0.0624 e. The van der Waals surface area contributed by atoms with E-state index in [4.69, 9.17) is 10.00 Å². The minimum absolute atomic E-state index is 0.642. The number of piperidine rings is 1. The van der Waals surface area contributed by atoms with Crippen molar-refractivity contribution in [3.05, 3.63) is 0 Å². The van der Waals surface area contributed by atoms with Crippen LogP contribution in [0.4, 0.5) is 0 Å². The van der Waals surface area contributed by atoms with E-state index in [1.54, 1.807) is 7.11 Å². The number of rotatable bonds is 4. The quantitative estimate of drug-likeness (QED) is 0.656. The molecule has 1 saturated heterocycles. The summed E-state index contributed by atoms with van der Waals surface area (Å²) in [5, 5.41) is 8.54. The van der Waals surface area contributed by atoms with E-state index in [0.717, 1.165) is 32.7 Å². The Morgan fingerprint density at radius 2 is 2.15 bits per heavy atom. The zero-order chi connectivity index (χ0) is 9.52. The first kappa shape index (κ1) is 10.5. The second-order valence-corrected chi connectivity index (χ2v) is 3.64. The van der Waals surface area contributed by atoms with Gasteiger partial charge in [0, 0.05) is 20.1 Å².